The van der Waals surface area contributed by atoms with Gasteiger partial charge >= 0.3 is 0 Å². The standard InChI is InChI=1S/C15H18N2O2/c1-2-17-10-6-9-14(17)15(19)16-13(11-18)12-7-4-3-5-8-12/h3-10,13,18H,2,11H2,1H3,(H,16,19)/t13-/m0/s1. The zero-order valence-electron chi connectivity index (χ0n) is 10.9. The van der Waals surface area contributed by atoms with Gasteiger partial charge < -0.3 is 15.0 Å². The zero-order chi connectivity index (χ0) is 13.7. The highest BCUT2D eigenvalue weighted by molar-refractivity contribution is 5.93. The van der Waals surface area contributed by atoms with Crippen LogP contribution in [0.15, 0.2) is 48.7 Å². The first-order chi connectivity index (χ1) is 9.26. The van der Waals surface area contributed by atoms with Crippen molar-refractivity contribution in [1.82, 2.24) is 9.88 Å². The molecule has 4 nitrogen and oxygen atoms in total. The summed E-state index contributed by atoms with van der Waals surface area (Å²) in [5, 5.41) is 12.3. The van der Waals surface area contributed by atoms with E-state index in [9.17, 15) is 9.90 Å². The smallest absolute Gasteiger partial charge is 0.268 e. The Hall–Kier alpha value is -2.07. The maximum Gasteiger partial charge on any atom is 0.268 e. The van der Waals surface area contributed by atoms with Crippen molar-refractivity contribution in [3.05, 3.63) is 59.9 Å². The van der Waals surface area contributed by atoms with Crippen LogP contribution in [0.2, 0.25) is 0 Å². The molecule has 0 bridgehead atoms. The van der Waals surface area contributed by atoms with E-state index in [0.29, 0.717) is 5.69 Å². The fourth-order valence-electron chi connectivity index (χ4n) is 2.05. The van der Waals surface area contributed by atoms with E-state index in [1.165, 1.54) is 0 Å². The second-order valence-corrected chi connectivity index (χ2v) is 4.30. The SMILES string of the molecule is CCn1cccc1C(=O)N[C@@H](CO)c1ccccc1. The monoisotopic (exact) mass is 258 g/mol. The molecule has 100 valence electrons. The van der Waals surface area contributed by atoms with Gasteiger partial charge in [-0.1, -0.05) is 30.3 Å². The highest BCUT2D eigenvalue weighted by Gasteiger charge is 2.16. The average molecular weight is 258 g/mol. The summed E-state index contributed by atoms with van der Waals surface area (Å²) in [4.78, 5) is 12.2. The molecule has 2 N–H and O–H groups in total. The number of benzene rings is 1. The van der Waals surface area contributed by atoms with Gasteiger partial charge in [0.05, 0.1) is 12.6 Å². The lowest BCUT2D eigenvalue weighted by atomic mass is 10.1. The molecule has 2 rings (SSSR count). The fraction of sp³-hybridized carbons (Fsp3) is 0.267. The Balaban J connectivity index is 2.13. The minimum atomic E-state index is -0.381. The number of nitrogens with one attached hydrogen (secondary N) is 1. The molecule has 1 aromatic carbocycles. The summed E-state index contributed by atoms with van der Waals surface area (Å²) in [5.74, 6) is -0.172. The minimum absolute atomic E-state index is 0.122. The molecule has 19 heavy (non-hydrogen) atoms. The van der Waals surface area contributed by atoms with Crippen LogP contribution in [0.25, 0.3) is 0 Å². The van der Waals surface area contributed by atoms with E-state index in [1.54, 1.807) is 6.07 Å². The molecule has 4 heteroatoms. The van der Waals surface area contributed by atoms with Gasteiger partial charge in [0.25, 0.3) is 5.91 Å². The number of hydrogen-bond acceptors (Lipinski definition) is 2. The van der Waals surface area contributed by atoms with E-state index < -0.39 is 0 Å². The van der Waals surface area contributed by atoms with Crippen molar-refractivity contribution in [2.24, 2.45) is 0 Å². The molecule has 2 aromatic rings. The van der Waals surface area contributed by atoms with Gasteiger partial charge in [0.2, 0.25) is 0 Å². The van der Waals surface area contributed by atoms with Crippen LogP contribution in [0.1, 0.15) is 29.0 Å². The van der Waals surface area contributed by atoms with Crippen LogP contribution in [-0.2, 0) is 6.54 Å². The first-order valence-corrected chi connectivity index (χ1v) is 6.38. The lowest BCUT2D eigenvalue weighted by Gasteiger charge is -2.17. The van der Waals surface area contributed by atoms with E-state index in [4.69, 9.17) is 0 Å². The Morgan fingerprint density at radius 2 is 2.00 bits per heavy atom. The third-order valence-corrected chi connectivity index (χ3v) is 3.09. The predicted molar refractivity (Wildman–Crippen MR) is 73.8 cm³/mol. The van der Waals surface area contributed by atoms with Gasteiger partial charge in [-0.05, 0) is 24.6 Å². The molecule has 1 amide bonds. The van der Waals surface area contributed by atoms with E-state index in [0.717, 1.165) is 12.1 Å². The Kier molecular flexibility index (Phi) is 4.36. The van der Waals surface area contributed by atoms with Gasteiger partial charge in [-0.15, -0.1) is 0 Å². The number of aryl methyl sites for hydroxylation is 1. The molecule has 0 aliphatic rings. The summed E-state index contributed by atoms with van der Waals surface area (Å²) < 4.78 is 1.87. The molecule has 0 aliphatic carbocycles. The summed E-state index contributed by atoms with van der Waals surface area (Å²) in [6.45, 7) is 2.60. The van der Waals surface area contributed by atoms with Crippen LogP contribution < -0.4 is 5.32 Å². The van der Waals surface area contributed by atoms with Crippen LogP contribution >= 0.6 is 0 Å². The summed E-state index contributed by atoms with van der Waals surface area (Å²) >= 11 is 0. The first-order valence-electron chi connectivity index (χ1n) is 6.38. The van der Waals surface area contributed by atoms with Crippen LogP contribution in [0.3, 0.4) is 0 Å². The normalized spacial score (nSPS) is 12.1. The number of aromatic nitrogens is 1. The molecule has 0 aliphatic heterocycles. The first kappa shape index (κ1) is 13.4. The van der Waals surface area contributed by atoms with E-state index in [-0.39, 0.29) is 18.6 Å². The Labute approximate surface area is 112 Å². The summed E-state index contributed by atoms with van der Waals surface area (Å²) in [6.07, 6.45) is 1.87. The summed E-state index contributed by atoms with van der Waals surface area (Å²) in [6, 6.07) is 12.7. The molecule has 0 spiro atoms. The Morgan fingerprint density at radius 3 is 2.63 bits per heavy atom. The molecule has 0 saturated heterocycles. The van der Waals surface area contributed by atoms with E-state index in [1.807, 2.05) is 54.1 Å². The van der Waals surface area contributed by atoms with Crippen molar-refractivity contribution in [2.45, 2.75) is 19.5 Å². The van der Waals surface area contributed by atoms with Crippen molar-refractivity contribution in [2.75, 3.05) is 6.61 Å². The van der Waals surface area contributed by atoms with E-state index >= 15 is 0 Å². The Bertz CT molecular complexity index is 534. The number of aliphatic hydroxyl groups is 1. The van der Waals surface area contributed by atoms with Crippen molar-refractivity contribution < 1.29 is 9.90 Å². The number of amides is 1. The second kappa shape index (κ2) is 6.20. The van der Waals surface area contributed by atoms with Gasteiger partial charge in [-0.25, -0.2) is 0 Å². The Morgan fingerprint density at radius 1 is 1.26 bits per heavy atom. The number of carbonyl (C=O) groups is 1. The molecular weight excluding hydrogens is 240 g/mol. The van der Waals surface area contributed by atoms with Crippen LogP contribution in [0.4, 0.5) is 0 Å². The van der Waals surface area contributed by atoms with Crippen molar-refractivity contribution >= 4 is 5.91 Å². The van der Waals surface area contributed by atoms with Crippen LogP contribution in [0.5, 0.6) is 0 Å². The predicted octanol–water partition coefficient (Wildman–Crippen LogP) is 1.97. The van der Waals surface area contributed by atoms with Crippen molar-refractivity contribution in [3.8, 4) is 0 Å². The van der Waals surface area contributed by atoms with Gasteiger partial charge in [-0.2, -0.15) is 0 Å². The summed E-state index contributed by atoms with van der Waals surface area (Å²) in [5.41, 5.74) is 1.50. The number of hydrogen-bond donors (Lipinski definition) is 2. The molecule has 1 aromatic heterocycles. The lowest BCUT2D eigenvalue weighted by molar-refractivity contribution is 0.0907. The number of carbonyl (C=O) groups excluding carboxylic acids is 1. The highest BCUT2D eigenvalue weighted by atomic mass is 16.3. The largest absolute Gasteiger partial charge is 0.394 e. The minimum Gasteiger partial charge on any atom is -0.394 e. The molecule has 0 saturated carbocycles. The maximum atomic E-state index is 12.2. The summed E-state index contributed by atoms with van der Waals surface area (Å²) in [7, 11) is 0. The number of nitrogens with zero attached hydrogens (tertiary/aromatic N) is 1. The number of aliphatic hydroxyl groups excluding tert-OH is 1. The second-order valence-electron chi connectivity index (χ2n) is 4.30. The third kappa shape index (κ3) is 3.03. The van der Waals surface area contributed by atoms with Crippen LogP contribution in [-0.4, -0.2) is 22.2 Å². The van der Waals surface area contributed by atoms with Crippen molar-refractivity contribution in [1.29, 1.82) is 0 Å². The topological polar surface area (TPSA) is 54.3 Å². The number of rotatable bonds is 5. The molecule has 1 heterocycles. The third-order valence-electron chi connectivity index (χ3n) is 3.09. The van der Waals surface area contributed by atoms with Crippen LogP contribution in [0, 0.1) is 0 Å². The molecule has 0 unspecified atom stereocenters. The maximum absolute atomic E-state index is 12.2. The van der Waals surface area contributed by atoms with Crippen molar-refractivity contribution in [3.63, 3.8) is 0 Å². The molecule has 0 radical (unpaired) electrons. The van der Waals surface area contributed by atoms with E-state index in [2.05, 4.69) is 5.32 Å². The molecule has 1 atom stereocenters. The fourth-order valence-corrected chi connectivity index (χ4v) is 2.05. The lowest BCUT2D eigenvalue weighted by Crippen LogP contribution is -2.32. The van der Waals surface area contributed by atoms with Gasteiger partial charge in [0, 0.05) is 12.7 Å². The zero-order valence-corrected chi connectivity index (χ0v) is 10.9. The molecule has 0 fully saturated rings. The molecular formula is C15H18N2O2. The van der Waals surface area contributed by atoms with Gasteiger partial charge in [0.15, 0.2) is 0 Å². The highest BCUT2D eigenvalue weighted by Crippen LogP contribution is 2.13. The van der Waals surface area contributed by atoms with Gasteiger partial charge in [0.1, 0.15) is 5.69 Å². The average Bonchev–Trinajstić information content (AvgIpc) is 2.94. The quantitative estimate of drug-likeness (QED) is 0.861. The van der Waals surface area contributed by atoms with Gasteiger partial charge in [-0.3, -0.25) is 4.79 Å².